The van der Waals surface area contributed by atoms with Crippen molar-refractivity contribution in [2.24, 2.45) is 0 Å². The number of aryl methyl sites for hydroxylation is 3. The number of aromatic nitrogens is 2. The number of hydrogen-bond acceptors (Lipinski definition) is 6. The Labute approximate surface area is 194 Å². The fourth-order valence-electron chi connectivity index (χ4n) is 3.16. The summed E-state index contributed by atoms with van der Waals surface area (Å²) in [7, 11) is 0. The van der Waals surface area contributed by atoms with E-state index in [1.54, 1.807) is 10.5 Å². The summed E-state index contributed by atoms with van der Waals surface area (Å²) in [5.41, 5.74) is 4.52. The molecule has 1 amide bonds. The second-order valence-corrected chi connectivity index (χ2v) is 9.30. The highest BCUT2D eigenvalue weighted by molar-refractivity contribution is 7.98. The maximum absolute atomic E-state index is 12.5. The van der Waals surface area contributed by atoms with Crippen LogP contribution in [0.4, 0.5) is 5.69 Å². The quantitative estimate of drug-likeness (QED) is 0.389. The lowest BCUT2D eigenvalue weighted by Crippen LogP contribution is -2.20. The minimum atomic E-state index is -0.233. The van der Waals surface area contributed by atoms with Crippen molar-refractivity contribution < 1.29 is 9.53 Å². The van der Waals surface area contributed by atoms with Crippen molar-refractivity contribution in [2.75, 3.05) is 11.9 Å². The standard InChI is InChI=1S/C24H23N3O3S2/c1-15-8-9-19(10-16(15)2)30-12-22(28)26-20-6-4-5-7-21(20)31-14-18-11-23(29)27-17(3)13-32-24(27)25-18/h4-11,13H,12,14H2,1-3H3,(H,26,28). The van der Waals surface area contributed by atoms with Crippen molar-refractivity contribution in [1.82, 2.24) is 9.38 Å². The van der Waals surface area contributed by atoms with Gasteiger partial charge in [-0.25, -0.2) is 4.98 Å². The molecule has 6 nitrogen and oxygen atoms in total. The third kappa shape index (κ3) is 5.03. The smallest absolute Gasteiger partial charge is 0.262 e. The first-order chi connectivity index (χ1) is 15.4. The van der Waals surface area contributed by atoms with Gasteiger partial charge in [0.25, 0.3) is 11.5 Å². The van der Waals surface area contributed by atoms with Crippen LogP contribution in [-0.4, -0.2) is 21.9 Å². The Kier molecular flexibility index (Phi) is 6.62. The summed E-state index contributed by atoms with van der Waals surface area (Å²) in [4.78, 5) is 31.0. The van der Waals surface area contributed by atoms with E-state index < -0.39 is 0 Å². The lowest BCUT2D eigenvalue weighted by Gasteiger charge is -2.12. The average Bonchev–Trinajstić information content (AvgIpc) is 3.15. The van der Waals surface area contributed by atoms with Crippen LogP contribution in [0, 0.1) is 20.8 Å². The van der Waals surface area contributed by atoms with Gasteiger partial charge >= 0.3 is 0 Å². The molecular formula is C24H23N3O3S2. The molecule has 0 saturated heterocycles. The summed E-state index contributed by atoms with van der Waals surface area (Å²) in [6.45, 7) is 5.86. The van der Waals surface area contributed by atoms with E-state index in [9.17, 15) is 9.59 Å². The zero-order chi connectivity index (χ0) is 22.7. The number of carbonyl (C=O) groups is 1. The molecule has 2 aromatic carbocycles. The van der Waals surface area contributed by atoms with Gasteiger partial charge in [-0.15, -0.1) is 23.1 Å². The number of hydrogen-bond donors (Lipinski definition) is 1. The van der Waals surface area contributed by atoms with E-state index in [4.69, 9.17) is 4.74 Å². The Morgan fingerprint density at radius 2 is 1.94 bits per heavy atom. The monoisotopic (exact) mass is 465 g/mol. The Morgan fingerprint density at radius 3 is 2.75 bits per heavy atom. The van der Waals surface area contributed by atoms with Gasteiger partial charge in [-0.3, -0.25) is 14.0 Å². The molecule has 0 atom stereocenters. The molecule has 0 fully saturated rings. The van der Waals surface area contributed by atoms with Gasteiger partial charge in [-0.1, -0.05) is 18.2 Å². The third-order valence-corrected chi connectivity index (χ3v) is 7.06. The SMILES string of the molecule is Cc1ccc(OCC(=O)Nc2ccccc2SCc2cc(=O)n3c(C)csc3n2)cc1C. The van der Waals surface area contributed by atoms with Crippen LogP contribution >= 0.6 is 23.1 Å². The Morgan fingerprint density at radius 1 is 1.12 bits per heavy atom. The number of thiazole rings is 1. The largest absolute Gasteiger partial charge is 0.484 e. The van der Waals surface area contributed by atoms with E-state index >= 15 is 0 Å². The van der Waals surface area contributed by atoms with Crippen LogP contribution in [0.15, 0.2) is 63.6 Å². The highest BCUT2D eigenvalue weighted by Crippen LogP contribution is 2.29. The molecule has 4 aromatic rings. The predicted molar refractivity (Wildman–Crippen MR) is 130 cm³/mol. The van der Waals surface area contributed by atoms with Gasteiger partial charge in [0.1, 0.15) is 5.75 Å². The summed E-state index contributed by atoms with van der Waals surface area (Å²) in [6.07, 6.45) is 0. The molecule has 2 heterocycles. The highest BCUT2D eigenvalue weighted by Gasteiger charge is 2.11. The normalized spacial score (nSPS) is 11.0. The van der Waals surface area contributed by atoms with Crippen LogP contribution < -0.4 is 15.6 Å². The molecule has 0 aliphatic heterocycles. The number of ether oxygens (including phenoxy) is 1. The van der Waals surface area contributed by atoms with Crippen LogP contribution in [0.5, 0.6) is 5.75 Å². The van der Waals surface area contributed by atoms with Crippen LogP contribution in [0.1, 0.15) is 22.5 Å². The van der Waals surface area contributed by atoms with Gasteiger partial charge in [0.2, 0.25) is 0 Å². The molecule has 0 aliphatic carbocycles. The van der Waals surface area contributed by atoms with E-state index in [2.05, 4.69) is 10.3 Å². The Bertz CT molecular complexity index is 1340. The van der Waals surface area contributed by atoms with Gasteiger partial charge < -0.3 is 10.1 Å². The molecule has 0 radical (unpaired) electrons. The van der Waals surface area contributed by atoms with Crippen LogP contribution in [0.25, 0.3) is 4.96 Å². The van der Waals surface area contributed by atoms with E-state index in [0.29, 0.717) is 27.8 Å². The summed E-state index contributed by atoms with van der Waals surface area (Å²) >= 11 is 2.98. The van der Waals surface area contributed by atoms with E-state index in [1.807, 2.05) is 68.6 Å². The van der Waals surface area contributed by atoms with Crippen molar-refractivity contribution in [3.05, 3.63) is 86.8 Å². The number of thioether (sulfide) groups is 1. The fraction of sp³-hybridized carbons (Fsp3) is 0.208. The lowest BCUT2D eigenvalue weighted by molar-refractivity contribution is -0.118. The molecule has 0 spiro atoms. The first kappa shape index (κ1) is 22.1. The number of carbonyl (C=O) groups excluding carboxylic acids is 1. The highest BCUT2D eigenvalue weighted by atomic mass is 32.2. The fourth-order valence-corrected chi connectivity index (χ4v) is 4.95. The number of benzene rings is 2. The topological polar surface area (TPSA) is 72.7 Å². The number of fused-ring (bicyclic) bond motifs is 1. The minimum Gasteiger partial charge on any atom is -0.484 e. The molecule has 0 unspecified atom stereocenters. The number of rotatable bonds is 7. The maximum Gasteiger partial charge on any atom is 0.262 e. The van der Waals surface area contributed by atoms with Crippen LogP contribution in [0.3, 0.4) is 0 Å². The zero-order valence-corrected chi connectivity index (χ0v) is 19.7. The summed E-state index contributed by atoms with van der Waals surface area (Å²) in [5.74, 6) is 0.958. The van der Waals surface area contributed by atoms with Gasteiger partial charge in [-0.2, -0.15) is 0 Å². The molecule has 4 rings (SSSR count). The minimum absolute atomic E-state index is 0.0746. The van der Waals surface area contributed by atoms with Gasteiger partial charge in [0, 0.05) is 27.8 Å². The van der Waals surface area contributed by atoms with Crippen molar-refractivity contribution in [3.8, 4) is 5.75 Å². The first-order valence-corrected chi connectivity index (χ1v) is 12.0. The molecule has 2 aromatic heterocycles. The van der Waals surface area contributed by atoms with E-state index in [-0.39, 0.29) is 18.1 Å². The Balaban J connectivity index is 1.40. The molecule has 164 valence electrons. The summed E-state index contributed by atoms with van der Waals surface area (Å²) < 4.78 is 7.25. The number of para-hydroxylation sites is 1. The van der Waals surface area contributed by atoms with Crippen LogP contribution in [-0.2, 0) is 10.5 Å². The number of nitrogens with zero attached hydrogens (tertiary/aromatic N) is 2. The second kappa shape index (κ2) is 9.58. The Hall–Kier alpha value is -3.10. The average molecular weight is 466 g/mol. The summed E-state index contributed by atoms with van der Waals surface area (Å²) in [5, 5.41) is 4.84. The van der Waals surface area contributed by atoms with Gasteiger partial charge in [0.05, 0.1) is 11.4 Å². The van der Waals surface area contributed by atoms with E-state index in [0.717, 1.165) is 16.2 Å². The molecule has 1 N–H and O–H groups in total. The van der Waals surface area contributed by atoms with Gasteiger partial charge in [0.15, 0.2) is 11.6 Å². The molecule has 0 saturated carbocycles. The third-order valence-electron chi connectivity index (χ3n) is 5.01. The van der Waals surface area contributed by atoms with Crippen molar-refractivity contribution in [1.29, 1.82) is 0 Å². The zero-order valence-electron chi connectivity index (χ0n) is 18.0. The van der Waals surface area contributed by atoms with Crippen molar-refractivity contribution >= 4 is 39.7 Å². The van der Waals surface area contributed by atoms with Crippen molar-refractivity contribution in [2.45, 2.75) is 31.4 Å². The van der Waals surface area contributed by atoms with Crippen molar-refractivity contribution in [3.63, 3.8) is 0 Å². The molecule has 8 heteroatoms. The van der Waals surface area contributed by atoms with Gasteiger partial charge in [-0.05, 0) is 56.2 Å². The lowest BCUT2D eigenvalue weighted by atomic mass is 10.1. The number of anilines is 1. The predicted octanol–water partition coefficient (Wildman–Crippen LogP) is 4.99. The first-order valence-electron chi connectivity index (χ1n) is 10.1. The number of nitrogens with one attached hydrogen (secondary N) is 1. The number of amides is 1. The molecular weight excluding hydrogens is 442 g/mol. The van der Waals surface area contributed by atoms with E-state index in [1.165, 1.54) is 28.7 Å². The summed E-state index contributed by atoms with van der Waals surface area (Å²) in [6, 6.07) is 14.9. The van der Waals surface area contributed by atoms with Crippen LogP contribution in [0.2, 0.25) is 0 Å². The second-order valence-electron chi connectivity index (χ2n) is 7.45. The molecule has 32 heavy (non-hydrogen) atoms. The maximum atomic E-state index is 12.5. The molecule has 0 aliphatic rings. The molecule has 0 bridgehead atoms.